The van der Waals surface area contributed by atoms with Gasteiger partial charge < -0.3 is 25.7 Å². The second-order valence-electron chi connectivity index (χ2n) is 21.4. The van der Waals surface area contributed by atoms with Crippen LogP contribution in [0.3, 0.4) is 0 Å². The van der Waals surface area contributed by atoms with Gasteiger partial charge in [-0.25, -0.2) is 9.59 Å². The molecule has 0 bridgehead atoms. The van der Waals surface area contributed by atoms with Crippen molar-refractivity contribution in [1.29, 1.82) is 0 Å². The number of rotatable bonds is 8. The summed E-state index contributed by atoms with van der Waals surface area (Å²) in [6.45, 7) is 25.2. The van der Waals surface area contributed by atoms with Crippen molar-refractivity contribution >= 4 is 12.1 Å². The van der Waals surface area contributed by atoms with Gasteiger partial charge in [-0.05, 0) is 105 Å². The van der Waals surface area contributed by atoms with Gasteiger partial charge in [-0.15, -0.1) is 0 Å². The standard InChI is InChI=1S/C44H78N4O6/c1-25(2)33-17-13-29(9)21-40(33,51)44-37(45-38(49)47(44)42(53)23-31(11)15-19-35(42)27(5)6)46(41(52)22-30(10)14-18-34(41)26(3)4)39(50)48(44)43(54)24-32(12)16-20-36(43)28(7)8/h25-37,51-54H,13-24H2,1-12H3,(H,45,49). The summed E-state index contributed by atoms with van der Waals surface area (Å²) >= 11 is 0. The van der Waals surface area contributed by atoms with E-state index in [9.17, 15) is 20.4 Å². The molecule has 4 saturated carbocycles. The Morgan fingerprint density at radius 2 is 0.870 bits per heavy atom. The summed E-state index contributed by atoms with van der Waals surface area (Å²) in [5, 5.41) is 58.6. The SMILES string of the molecule is CC1CCC(C(C)C)C(O)(N2C(=O)N(C3(O)CC(C)CCC3C(C)C)C3(C4(O)CC(C)CCC4C(C)C)C2NC(=O)N3C2(O)CC(C)CCC2C(C)C)C1. The highest BCUT2D eigenvalue weighted by molar-refractivity contribution is 5.89. The lowest BCUT2D eigenvalue weighted by atomic mass is 9.58. The van der Waals surface area contributed by atoms with Crippen LogP contribution in [0.5, 0.6) is 0 Å². The van der Waals surface area contributed by atoms with Gasteiger partial charge in [0, 0.05) is 17.8 Å². The number of carbonyl (C=O) groups excluding carboxylic acids is 2. The summed E-state index contributed by atoms with van der Waals surface area (Å²) in [6, 6.07) is -1.08. The van der Waals surface area contributed by atoms with Crippen molar-refractivity contribution in [2.45, 2.75) is 195 Å². The number of aliphatic hydroxyl groups is 4. The number of hydrogen-bond donors (Lipinski definition) is 5. The Morgan fingerprint density at radius 3 is 1.30 bits per heavy atom. The lowest BCUT2D eigenvalue weighted by Crippen LogP contribution is -2.84. The van der Waals surface area contributed by atoms with Crippen molar-refractivity contribution in [2.75, 3.05) is 0 Å². The van der Waals surface area contributed by atoms with E-state index >= 15 is 9.59 Å². The Balaban J connectivity index is 1.77. The van der Waals surface area contributed by atoms with Gasteiger partial charge in [0.25, 0.3) is 0 Å². The van der Waals surface area contributed by atoms with Gasteiger partial charge in [-0.3, -0.25) is 14.7 Å². The van der Waals surface area contributed by atoms with Crippen LogP contribution in [0.15, 0.2) is 0 Å². The summed E-state index contributed by atoms with van der Waals surface area (Å²) in [6.07, 6.45) is 6.26. The average Bonchev–Trinajstić information content (AvgIpc) is 3.47. The van der Waals surface area contributed by atoms with Crippen LogP contribution in [-0.2, 0) is 0 Å². The van der Waals surface area contributed by atoms with Crippen LogP contribution < -0.4 is 5.32 Å². The molecule has 6 rings (SSSR count). The fourth-order valence-corrected chi connectivity index (χ4v) is 13.9. The van der Waals surface area contributed by atoms with Crippen molar-refractivity contribution in [2.24, 2.45) is 71.0 Å². The van der Waals surface area contributed by atoms with Crippen molar-refractivity contribution in [3.8, 4) is 0 Å². The van der Waals surface area contributed by atoms with Crippen LogP contribution in [0.1, 0.15) is 160 Å². The molecule has 0 aromatic rings. The molecule has 10 nitrogen and oxygen atoms in total. The molecular weight excluding hydrogens is 681 g/mol. The first kappa shape index (κ1) is 42.0. The van der Waals surface area contributed by atoms with Gasteiger partial charge in [-0.1, -0.05) is 109 Å². The lowest BCUT2D eigenvalue weighted by Gasteiger charge is -2.66. The van der Waals surface area contributed by atoms with Gasteiger partial charge in [0.2, 0.25) is 0 Å². The number of urea groups is 2. The summed E-state index contributed by atoms with van der Waals surface area (Å²) in [5.41, 5.74) is -8.91. The Morgan fingerprint density at radius 1 is 0.519 bits per heavy atom. The summed E-state index contributed by atoms with van der Waals surface area (Å²) in [7, 11) is 0. The molecule has 4 amide bonds. The zero-order valence-electron chi connectivity index (χ0n) is 35.9. The van der Waals surface area contributed by atoms with E-state index in [2.05, 4.69) is 88.4 Å². The number of carbonyl (C=O) groups is 2. The molecule has 2 heterocycles. The van der Waals surface area contributed by atoms with Crippen LogP contribution in [0.25, 0.3) is 0 Å². The first-order valence-electron chi connectivity index (χ1n) is 22.2. The number of nitrogens with zero attached hydrogens (tertiary/aromatic N) is 3. The molecule has 4 aliphatic carbocycles. The molecule has 54 heavy (non-hydrogen) atoms. The molecule has 6 aliphatic rings. The first-order chi connectivity index (χ1) is 25.0. The number of fused-ring (bicyclic) bond motifs is 1. The van der Waals surface area contributed by atoms with Gasteiger partial charge in [0.15, 0.2) is 11.8 Å². The molecule has 0 radical (unpaired) electrons. The van der Waals surface area contributed by atoms with Gasteiger partial charge in [0.05, 0.1) is 0 Å². The molecule has 14 unspecified atom stereocenters. The van der Waals surface area contributed by atoms with Crippen LogP contribution in [-0.4, -0.2) is 81.8 Å². The third kappa shape index (κ3) is 5.98. The minimum absolute atomic E-state index is 0.0104. The van der Waals surface area contributed by atoms with Crippen molar-refractivity contribution in [1.82, 2.24) is 20.0 Å². The predicted molar refractivity (Wildman–Crippen MR) is 211 cm³/mol. The molecule has 0 aromatic carbocycles. The molecule has 310 valence electrons. The third-order valence-corrected chi connectivity index (χ3v) is 16.1. The van der Waals surface area contributed by atoms with E-state index in [1.54, 1.807) is 9.80 Å². The molecule has 14 atom stereocenters. The van der Waals surface area contributed by atoms with Gasteiger partial charge in [0.1, 0.15) is 22.8 Å². The second-order valence-corrected chi connectivity index (χ2v) is 21.4. The number of amides is 4. The fourth-order valence-electron chi connectivity index (χ4n) is 13.9. The highest BCUT2D eigenvalue weighted by Crippen LogP contribution is 2.64. The maximum Gasteiger partial charge on any atom is 0.328 e. The largest absolute Gasteiger partial charge is 0.385 e. The van der Waals surface area contributed by atoms with E-state index in [0.717, 1.165) is 25.7 Å². The molecule has 0 aromatic heterocycles. The molecule has 10 heteroatoms. The monoisotopic (exact) mass is 759 g/mol. The molecule has 2 saturated heterocycles. The highest BCUT2D eigenvalue weighted by atomic mass is 16.4. The maximum atomic E-state index is 16.3. The van der Waals surface area contributed by atoms with E-state index in [0.29, 0.717) is 32.1 Å². The topological polar surface area (TPSA) is 137 Å². The summed E-state index contributed by atoms with van der Waals surface area (Å²) in [4.78, 5) is 36.4. The minimum Gasteiger partial charge on any atom is -0.385 e. The van der Waals surface area contributed by atoms with Crippen molar-refractivity contribution < 1.29 is 30.0 Å². The van der Waals surface area contributed by atoms with E-state index in [4.69, 9.17) is 0 Å². The predicted octanol–water partition coefficient (Wildman–Crippen LogP) is 7.94. The second kappa shape index (κ2) is 14.3. The highest BCUT2D eigenvalue weighted by Gasteiger charge is 2.84. The van der Waals surface area contributed by atoms with Crippen LogP contribution >= 0.6 is 0 Å². The van der Waals surface area contributed by atoms with Crippen molar-refractivity contribution in [3.63, 3.8) is 0 Å². The molecular formula is C44H78N4O6. The third-order valence-electron chi connectivity index (χ3n) is 16.1. The van der Waals surface area contributed by atoms with E-state index in [1.165, 1.54) is 4.90 Å². The van der Waals surface area contributed by atoms with Gasteiger partial charge in [-0.2, -0.15) is 0 Å². The van der Waals surface area contributed by atoms with Gasteiger partial charge >= 0.3 is 12.1 Å². The Hall–Kier alpha value is -1.62. The smallest absolute Gasteiger partial charge is 0.328 e. The minimum atomic E-state index is -1.94. The quantitative estimate of drug-likeness (QED) is 0.171. The van der Waals surface area contributed by atoms with Crippen molar-refractivity contribution in [3.05, 3.63) is 0 Å². The molecule has 5 N–H and O–H groups in total. The van der Waals surface area contributed by atoms with Crippen LogP contribution in [0.2, 0.25) is 0 Å². The Labute approximate surface area is 327 Å². The van der Waals surface area contributed by atoms with E-state index in [-0.39, 0.29) is 90.3 Å². The first-order valence-corrected chi connectivity index (χ1v) is 22.2. The van der Waals surface area contributed by atoms with E-state index < -0.39 is 46.7 Å². The molecule has 2 aliphatic heterocycles. The normalized spacial score (nSPS) is 47.7. The van der Waals surface area contributed by atoms with Crippen LogP contribution in [0, 0.1) is 71.0 Å². The number of hydrogen-bond acceptors (Lipinski definition) is 6. The van der Waals surface area contributed by atoms with E-state index in [1.807, 2.05) is 0 Å². The summed E-state index contributed by atoms with van der Waals surface area (Å²) < 4.78 is 0. The Kier molecular flexibility index (Phi) is 11.1. The zero-order valence-corrected chi connectivity index (χ0v) is 35.9. The Bertz CT molecular complexity index is 1410. The average molecular weight is 759 g/mol. The zero-order chi connectivity index (χ0) is 40.1. The number of nitrogens with one attached hydrogen (secondary N) is 1. The molecule has 6 fully saturated rings. The summed E-state index contributed by atoms with van der Waals surface area (Å²) in [5.74, 6) is -1.15. The molecule has 0 spiro atoms. The lowest BCUT2D eigenvalue weighted by molar-refractivity contribution is -0.320. The fraction of sp³-hybridized carbons (Fsp3) is 0.955. The maximum absolute atomic E-state index is 16.3. The van der Waals surface area contributed by atoms with Crippen LogP contribution in [0.4, 0.5) is 9.59 Å².